The molecule has 5 heteroatoms. The number of nitrogens with zero attached hydrogens (tertiary/aromatic N) is 1. The second-order valence-corrected chi connectivity index (χ2v) is 5.61. The topological polar surface area (TPSA) is 54.9 Å². The second kappa shape index (κ2) is 8.24. The van der Waals surface area contributed by atoms with Gasteiger partial charge in [0.25, 0.3) is 0 Å². The molecule has 24 heavy (non-hydrogen) atoms. The summed E-state index contributed by atoms with van der Waals surface area (Å²) in [5.41, 5.74) is 1.26. The molecule has 0 aromatic heterocycles. The monoisotopic (exact) mass is 325 g/mol. The molecular weight excluding hydrogens is 302 g/mol. The van der Waals surface area contributed by atoms with E-state index in [0.29, 0.717) is 0 Å². The summed E-state index contributed by atoms with van der Waals surface area (Å²) < 4.78 is 11.0. The van der Waals surface area contributed by atoms with Gasteiger partial charge in [-0.25, -0.2) is 0 Å². The Labute approximate surface area is 142 Å². The lowest BCUT2D eigenvalue weighted by molar-refractivity contribution is 0.413. The van der Waals surface area contributed by atoms with E-state index in [9.17, 15) is 0 Å². The van der Waals surface area contributed by atoms with Gasteiger partial charge in [-0.3, -0.25) is 4.99 Å². The van der Waals surface area contributed by atoms with Crippen LogP contribution in [0.2, 0.25) is 0 Å². The molecule has 3 rings (SSSR count). The lowest BCUT2D eigenvalue weighted by Gasteiger charge is -2.15. The average Bonchev–Trinajstić information content (AvgIpc) is 2.65. The minimum atomic E-state index is 0.798. The molecule has 1 aliphatic heterocycles. The molecule has 126 valence electrons. The van der Waals surface area contributed by atoms with Crippen molar-refractivity contribution in [3.8, 4) is 17.2 Å². The fraction of sp³-hybridized carbons (Fsp3) is 0.316. The largest absolute Gasteiger partial charge is 0.497 e. The van der Waals surface area contributed by atoms with Crippen LogP contribution in [0.1, 0.15) is 12.0 Å². The fourth-order valence-corrected chi connectivity index (χ4v) is 2.48. The van der Waals surface area contributed by atoms with E-state index in [4.69, 9.17) is 9.47 Å². The highest BCUT2D eigenvalue weighted by Crippen LogP contribution is 2.24. The predicted octanol–water partition coefficient (Wildman–Crippen LogP) is 2.97. The van der Waals surface area contributed by atoms with Crippen molar-refractivity contribution in [3.05, 3.63) is 54.1 Å². The average molecular weight is 325 g/mol. The molecule has 0 amide bonds. The standard InChI is InChI=1S/C19H23N3O2/c1-23-16-7-9-18(10-8-16)24-17-5-3-15(4-6-17)11-14-22-19-20-12-2-13-21-19/h3-10H,2,11-14H2,1H3,(H2,20,21,22). The molecule has 0 spiro atoms. The first-order valence-electron chi connectivity index (χ1n) is 8.26. The summed E-state index contributed by atoms with van der Waals surface area (Å²) in [6, 6.07) is 15.7. The van der Waals surface area contributed by atoms with Gasteiger partial charge >= 0.3 is 0 Å². The smallest absolute Gasteiger partial charge is 0.191 e. The molecule has 0 unspecified atom stereocenters. The first-order chi connectivity index (χ1) is 11.8. The van der Waals surface area contributed by atoms with Gasteiger partial charge in [-0.05, 0) is 54.8 Å². The van der Waals surface area contributed by atoms with Crippen LogP contribution >= 0.6 is 0 Å². The Morgan fingerprint density at radius 3 is 2.29 bits per heavy atom. The lowest BCUT2D eigenvalue weighted by Crippen LogP contribution is -2.41. The van der Waals surface area contributed by atoms with E-state index >= 15 is 0 Å². The highest BCUT2D eigenvalue weighted by molar-refractivity contribution is 5.80. The van der Waals surface area contributed by atoms with Crippen molar-refractivity contribution < 1.29 is 9.47 Å². The molecule has 5 nitrogen and oxygen atoms in total. The van der Waals surface area contributed by atoms with E-state index in [-0.39, 0.29) is 0 Å². The molecule has 0 fully saturated rings. The van der Waals surface area contributed by atoms with Gasteiger partial charge in [0.1, 0.15) is 17.2 Å². The quantitative estimate of drug-likeness (QED) is 0.857. The van der Waals surface area contributed by atoms with Crippen molar-refractivity contribution in [2.75, 3.05) is 26.7 Å². The molecule has 1 heterocycles. The van der Waals surface area contributed by atoms with Gasteiger partial charge in [0, 0.05) is 19.6 Å². The van der Waals surface area contributed by atoms with Gasteiger partial charge in [0.2, 0.25) is 0 Å². The molecule has 2 aromatic carbocycles. The summed E-state index contributed by atoms with van der Waals surface area (Å²) in [6.45, 7) is 2.78. The predicted molar refractivity (Wildman–Crippen MR) is 96.1 cm³/mol. The van der Waals surface area contributed by atoms with Crippen LogP contribution in [-0.4, -0.2) is 32.7 Å². The summed E-state index contributed by atoms with van der Waals surface area (Å²) in [6.07, 6.45) is 2.06. The Morgan fingerprint density at radius 1 is 1.00 bits per heavy atom. The van der Waals surface area contributed by atoms with Crippen LogP contribution < -0.4 is 20.1 Å². The van der Waals surface area contributed by atoms with Crippen LogP contribution in [0.5, 0.6) is 17.2 Å². The molecule has 1 aliphatic rings. The number of aliphatic imine (C=N–C) groups is 1. The zero-order chi connectivity index (χ0) is 16.6. The van der Waals surface area contributed by atoms with Crippen LogP contribution in [-0.2, 0) is 6.42 Å². The fourth-order valence-electron chi connectivity index (χ4n) is 2.48. The summed E-state index contributed by atoms with van der Waals surface area (Å²) >= 11 is 0. The van der Waals surface area contributed by atoms with Crippen LogP contribution in [0, 0.1) is 0 Å². The molecule has 0 saturated carbocycles. The molecule has 0 atom stereocenters. The number of guanidine groups is 1. The summed E-state index contributed by atoms with van der Waals surface area (Å²) in [5, 5.41) is 6.59. The number of hydrogen-bond donors (Lipinski definition) is 2. The molecule has 0 radical (unpaired) electrons. The number of benzene rings is 2. The maximum absolute atomic E-state index is 5.83. The van der Waals surface area contributed by atoms with Crippen LogP contribution in [0.4, 0.5) is 0 Å². The van der Waals surface area contributed by atoms with E-state index in [1.807, 2.05) is 36.4 Å². The summed E-state index contributed by atoms with van der Waals surface area (Å²) in [7, 11) is 1.65. The van der Waals surface area contributed by atoms with Gasteiger partial charge < -0.3 is 20.1 Å². The minimum Gasteiger partial charge on any atom is -0.497 e. The first-order valence-corrected chi connectivity index (χ1v) is 8.26. The van der Waals surface area contributed by atoms with Crippen molar-refractivity contribution in [2.24, 2.45) is 4.99 Å². The first kappa shape index (κ1) is 16.2. The normalized spacial score (nSPS) is 13.6. The third-order valence-corrected chi connectivity index (χ3v) is 3.82. The molecule has 0 saturated heterocycles. The second-order valence-electron chi connectivity index (χ2n) is 5.61. The molecular formula is C19H23N3O2. The van der Waals surface area contributed by atoms with E-state index in [1.54, 1.807) is 7.11 Å². The third kappa shape index (κ3) is 4.65. The van der Waals surface area contributed by atoms with Gasteiger partial charge in [-0.2, -0.15) is 0 Å². The molecule has 0 aliphatic carbocycles. The number of methoxy groups -OCH3 is 1. The van der Waals surface area contributed by atoms with E-state index in [2.05, 4.69) is 27.8 Å². The minimum absolute atomic E-state index is 0.798. The van der Waals surface area contributed by atoms with Crippen molar-refractivity contribution >= 4 is 5.96 Å². The van der Waals surface area contributed by atoms with E-state index < -0.39 is 0 Å². The zero-order valence-electron chi connectivity index (χ0n) is 13.9. The maximum Gasteiger partial charge on any atom is 0.191 e. The Bertz CT molecular complexity index is 666. The molecule has 2 N–H and O–H groups in total. The Hall–Kier alpha value is -2.69. The highest BCUT2D eigenvalue weighted by atomic mass is 16.5. The maximum atomic E-state index is 5.83. The number of ether oxygens (including phenoxy) is 2. The van der Waals surface area contributed by atoms with Gasteiger partial charge in [0.15, 0.2) is 5.96 Å². The van der Waals surface area contributed by atoms with Crippen LogP contribution in [0.3, 0.4) is 0 Å². The summed E-state index contributed by atoms with van der Waals surface area (Å²) in [4.78, 5) is 4.40. The van der Waals surface area contributed by atoms with Gasteiger partial charge in [-0.15, -0.1) is 0 Å². The van der Waals surface area contributed by atoms with Crippen LogP contribution in [0.25, 0.3) is 0 Å². The Morgan fingerprint density at radius 2 is 1.67 bits per heavy atom. The molecule has 2 aromatic rings. The van der Waals surface area contributed by atoms with Crippen molar-refractivity contribution in [2.45, 2.75) is 12.8 Å². The SMILES string of the molecule is COc1ccc(Oc2ccc(CCNC3=NCCCN3)cc2)cc1. The van der Waals surface area contributed by atoms with E-state index in [1.165, 1.54) is 5.56 Å². The van der Waals surface area contributed by atoms with Gasteiger partial charge in [0.05, 0.1) is 7.11 Å². The van der Waals surface area contributed by atoms with Crippen molar-refractivity contribution in [3.63, 3.8) is 0 Å². The number of nitrogens with one attached hydrogen (secondary N) is 2. The van der Waals surface area contributed by atoms with Crippen molar-refractivity contribution in [1.29, 1.82) is 0 Å². The zero-order valence-corrected chi connectivity index (χ0v) is 13.9. The summed E-state index contributed by atoms with van der Waals surface area (Å²) in [5.74, 6) is 3.37. The number of hydrogen-bond acceptors (Lipinski definition) is 5. The van der Waals surface area contributed by atoms with Crippen molar-refractivity contribution in [1.82, 2.24) is 10.6 Å². The van der Waals surface area contributed by atoms with E-state index in [0.717, 1.165) is 55.7 Å². The Balaban J connectivity index is 1.48. The van der Waals surface area contributed by atoms with Gasteiger partial charge in [-0.1, -0.05) is 12.1 Å². The number of rotatable bonds is 6. The lowest BCUT2D eigenvalue weighted by atomic mass is 10.1. The Kier molecular flexibility index (Phi) is 5.56. The molecule has 0 bridgehead atoms. The third-order valence-electron chi connectivity index (χ3n) is 3.82. The highest BCUT2D eigenvalue weighted by Gasteiger charge is 2.03. The van der Waals surface area contributed by atoms with Crippen LogP contribution in [0.15, 0.2) is 53.5 Å².